The van der Waals surface area contributed by atoms with E-state index in [1.54, 1.807) is 6.07 Å². The van der Waals surface area contributed by atoms with Gasteiger partial charge in [0.1, 0.15) is 6.04 Å². The molecule has 2 aromatic rings. The second-order valence-corrected chi connectivity index (χ2v) is 6.10. The molecule has 0 aliphatic carbocycles. The SMILES string of the molecule is CN1CCn2nc(C(=O)N[C@@H](Cc3ccccc3)C(N)=O)cc2C1. The third-order valence-electron chi connectivity index (χ3n) is 4.15. The fraction of sp³-hybridized carbons (Fsp3) is 0.353. The highest BCUT2D eigenvalue weighted by Crippen LogP contribution is 2.12. The van der Waals surface area contributed by atoms with Crippen molar-refractivity contribution >= 4 is 11.8 Å². The first kappa shape index (κ1) is 16.2. The molecule has 3 N–H and O–H groups in total. The van der Waals surface area contributed by atoms with Crippen molar-refractivity contribution in [3.63, 3.8) is 0 Å². The molecule has 0 bridgehead atoms. The number of aromatic nitrogens is 2. The van der Waals surface area contributed by atoms with E-state index in [9.17, 15) is 9.59 Å². The quantitative estimate of drug-likeness (QED) is 0.818. The number of nitrogens with two attached hydrogens (primary N) is 1. The molecule has 0 radical (unpaired) electrons. The fourth-order valence-electron chi connectivity index (χ4n) is 2.81. The van der Waals surface area contributed by atoms with Gasteiger partial charge in [-0.15, -0.1) is 0 Å². The molecule has 24 heavy (non-hydrogen) atoms. The van der Waals surface area contributed by atoms with E-state index < -0.39 is 11.9 Å². The maximum atomic E-state index is 12.4. The molecule has 0 saturated carbocycles. The minimum atomic E-state index is -0.763. The first-order valence-electron chi connectivity index (χ1n) is 7.92. The van der Waals surface area contributed by atoms with Crippen LogP contribution in [0.5, 0.6) is 0 Å². The van der Waals surface area contributed by atoms with Gasteiger partial charge < -0.3 is 11.1 Å². The molecule has 1 aliphatic rings. The zero-order valence-corrected chi connectivity index (χ0v) is 13.6. The fourth-order valence-corrected chi connectivity index (χ4v) is 2.81. The summed E-state index contributed by atoms with van der Waals surface area (Å²) in [4.78, 5) is 26.3. The number of rotatable bonds is 5. The number of nitrogens with zero attached hydrogens (tertiary/aromatic N) is 3. The Morgan fingerprint density at radius 2 is 2.04 bits per heavy atom. The Morgan fingerprint density at radius 3 is 2.75 bits per heavy atom. The van der Waals surface area contributed by atoms with Crippen LogP contribution in [0.15, 0.2) is 36.4 Å². The van der Waals surface area contributed by atoms with Crippen LogP contribution in [0.1, 0.15) is 21.7 Å². The highest BCUT2D eigenvalue weighted by Gasteiger charge is 2.23. The van der Waals surface area contributed by atoms with Crippen molar-refractivity contribution in [2.45, 2.75) is 25.6 Å². The van der Waals surface area contributed by atoms with Gasteiger partial charge in [0.15, 0.2) is 5.69 Å². The van der Waals surface area contributed by atoms with Crippen molar-refractivity contribution in [2.24, 2.45) is 5.73 Å². The summed E-state index contributed by atoms with van der Waals surface area (Å²) in [5.74, 6) is -0.935. The van der Waals surface area contributed by atoms with E-state index >= 15 is 0 Å². The Bertz CT molecular complexity index is 741. The third kappa shape index (κ3) is 3.62. The molecule has 1 aliphatic heterocycles. The Kier molecular flexibility index (Phi) is 4.61. The summed E-state index contributed by atoms with van der Waals surface area (Å²) in [6.07, 6.45) is 0.359. The van der Waals surface area contributed by atoms with Crippen LogP contribution < -0.4 is 11.1 Å². The zero-order valence-electron chi connectivity index (χ0n) is 13.6. The average molecular weight is 327 g/mol. The van der Waals surface area contributed by atoms with E-state index in [0.717, 1.165) is 30.9 Å². The molecule has 1 atom stereocenters. The zero-order chi connectivity index (χ0) is 17.1. The third-order valence-corrected chi connectivity index (χ3v) is 4.15. The minimum Gasteiger partial charge on any atom is -0.368 e. The second kappa shape index (κ2) is 6.84. The number of benzene rings is 1. The summed E-state index contributed by atoms with van der Waals surface area (Å²) >= 11 is 0. The lowest BCUT2D eigenvalue weighted by atomic mass is 10.1. The van der Waals surface area contributed by atoms with Gasteiger partial charge in [-0.1, -0.05) is 30.3 Å². The van der Waals surface area contributed by atoms with Crippen LogP contribution in [-0.2, 0) is 24.3 Å². The lowest BCUT2D eigenvalue weighted by Gasteiger charge is -2.22. The number of hydrogen-bond acceptors (Lipinski definition) is 4. The Morgan fingerprint density at radius 1 is 1.29 bits per heavy atom. The van der Waals surface area contributed by atoms with Crippen molar-refractivity contribution in [2.75, 3.05) is 13.6 Å². The van der Waals surface area contributed by atoms with E-state index in [0.29, 0.717) is 12.1 Å². The normalized spacial score (nSPS) is 15.5. The Labute approximate surface area is 140 Å². The van der Waals surface area contributed by atoms with Gasteiger partial charge in [0.05, 0.1) is 12.2 Å². The predicted octanol–water partition coefficient (Wildman–Crippen LogP) is 0.155. The van der Waals surface area contributed by atoms with E-state index in [2.05, 4.69) is 15.3 Å². The monoisotopic (exact) mass is 327 g/mol. The summed E-state index contributed by atoms with van der Waals surface area (Å²) in [6.45, 7) is 2.40. The Balaban J connectivity index is 1.71. The molecule has 0 saturated heterocycles. The van der Waals surface area contributed by atoms with Crippen LogP contribution in [-0.4, -0.2) is 46.1 Å². The standard InChI is InChI=1S/C17H21N5O2/c1-21-7-8-22-13(11-21)10-15(20-22)17(24)19-14(16(18)23)9-12-5-3-2-4-6-12/h2-6,10,14H,7-9,11H2,1H3,(H2,18,23)(H,19,24)/t14-/m0/s1. The molecule has 0 spiro atoms. The largest absolute Gasteiger partial charge is 0.368 e. The molecule has 1 aromatic carbocycles. The minimum absolute atomic E-state index is 0.319. The van der Waals surface area contributed by atoms with Crippen LogP contribution in [0.25, 0.3) is 0 Å². The molecule has 2 heterocycles. The number of amides is 2. The van der Waals surface area contributed by atoms with Gasteiger partial charge in [-0.3, -0.25) is 19.2 Å². The molecular formula is C17H21N5O2. The summed E-state index contributed by atoms with van der Waals surface area (Å²) in [6, 6.07) is 10.5. The van der Waals surface area contributed by atoms with Crippen molar-refractivity contribution in [3.05, 3.63) is 53.3 Å². The number of nitrogens with one attached hydrogen (secondary N) is 1. The average Bonchev–Trinajstić information content (AvgIpc) is 2.98. The number of carbonyl (C=O) groups excluding carboxylic acids is 2. The molecule has 3 rings (SSSR count). The van der Waals surface area contributed by atoms with Crippen LogP contribution in [0.4, 0.5) is 0 Å². The smallest absolute Gasteiger partial charge is 0.272 e. The number of fused-ring (bicyclic) bond motifs is 1. The van der Waals surface area contributed by atoms with Gasteiger partial charge >= 0.3 is 0 Å². The topological polar surface area (TPSA) is 93.2 Å². The molecule has 0 unspecified atom stereocenters. The molecular weight excluding hydrogens is 306 g/mol. The second-order valence-electron chi connectivity index (χ2n) is 6.10. The van der Waals surface area contributed by atoms with Crippen LogP contribution >= 0.6 is 0 Å². The molecule has 7 nitrogen and oxygen atoms in total. The van der Waals surface area contributed by atoms with Crippen LogP contribution in [0.3, 0.4) is 0 Å². The van der Waals surface area contributed by atoms with Crippen molar-refractivity contribution in [3.8, 4) is 0 Å². The summed E-state index contributed by atoms with van der Waals surface area (Å²) in [7, 11) is 2.03. The summed E-state index contributed by atoms with van der Waals surface area (Å²) in [5, 5.41) is 7.03. The summed E-state index contributed by atoms with van der Waals surface area (Å²) in [5.41, 5.74) is 7.69. The van der Waals surface area contributed by atoms with Crippen LogP contribution in [0, 0.1) is 0 Å². The van der Waals surface area contributed by atoms with E-state index in [1.165, 1.54) is 0 Å². The highest BCUT2D eigenvalue weighted by atomic mass is 16.2. The van der Waals surface area contributed by atoms with Crippen molar-refractivity contribution in [1.29, 1.82) is 0 Å². The van der Waals surface area contributed by atoms with E-state index in [1.807, 2.05) is 42.1 Å². The van der Waals surface area contributed by atoms with E-state index in [4.69, 9.17) is 5.73 Å². The molecule has 7 heteroatoms. The number of primary amides is 1. The van der Waals surface area contributed by atoms with Crippen LogP contribution in [0.2, 0.25) is 0 Å². The first-order chi connectivity index (χ1) is 11.5. The first-order valence-corrected chi connectivity index (χ1v) is 7.92. The van der Waals surface area contributed by atoms with E-state index in [-0.39, 0.29) is 5.91 Å². The number of hydrogen-bond donors (Lipinski definition) is 2. The van der Waals surface area contributed by atoms with Gasteiger partial charge in [0.25, 0.3) is 5.91 Å². The number of carbonyl (C=O) groups is 2. The van der Waals surface area contributed by atoms with Gasteiger partial charge in [0.2, 0.25) is 5.91 Å². The Hall–Kier alpha value is -2.67. The number of likely N-dealkylation sites (N-methyl/N-ethyl adjacent to an activating group) is 1. The van der Waals surface area contributed by atoms with Gasteiger partial charge in [0, 0.05) is 19.5 Å². The molecule has 0 fully saturated rings. The van der Waals surface area contributed by atoms with Crippen molar-refractivity contribution in [1.82, 2.24) is 20.0 Å². The lowest BCUT2D eigenvalue weighted by Crippen LogP contribution is -2.46. The maximum Gasteiger partial charge on any atom is 0.272 e. The summed E-state index contributed by atoms with van der Waals surface area (Å²) < 4.78 is 1.84. The molecule has 126 valence electrons. The van der Waals surface area contributed by atoms with Gasteiger partial charge in [-0.25, -0.2) is 0 Å². The highest BCUT2D eigenvalue weighted by molar-refractivity contribution is 5.96. The molecule has 2 amide bonds. The maximum absolute atomic E-state index is 12.4. The van der Waals surface area contributed by atoms with Crippen molar-refractivity contribution < 1.29 is 9.59 Å². The molecule has 1 aromatic heterocycles. The van der Waals surface area contributed by atoms with Gasteiger partial charge in [-0.05, 0) is 18.7 Å². The lowest BCUT2D eigenvalue weighted by molar-refractivity contribution is -0.119. The predicted molar refractivity (Wildman–Crippen MR) is 89.2 cm³/mol. The van der Waals surface area contributed by atoms with Gasteiger partial charge in [-0.2, -0.15) is 5.10 Å².